The van der Waals surface area contributed by atoms with Crippen LogP contribution in [0.25, 0.3) is 0 Å². The largest absolute Gasteiger partial charge is 0.493 e. The monoisotopic (exact) mass is 294 g/mol. The van der Waals surface area contributed by atoms with Crippen LogP contribution in [0.5, 0.6) is 11.5 Å². The molecule has 5 heteroatoms. The van der Waals surface area contributed by atoms with E-state index < -0.39 is 0 Å². The lowest BCUT2D eigenvalue weighted by Gasteiger charge is -2.35. The van der Waals surface area contributed by atoms with Crippen LogP contribution in [-0.2, 0) is 6.54 Å². The van der Waals surface area contributed by atoms with Crippen LogP contribution < -0.4 is 24.6 Å². The first kappa shape index (κ1) is 14.6. The Morgan fingerprint density at radius 3 is 2.38 bits per heavy atom. The molecule has 4 N–H and O–H groups in total. The van der Waals surface area contributed by atoms with E-state index in [4.69, 9.17) is 9.47 Å². The molecule has 0 aliphatic carbocycles. The number of hydrogen-bond donors (Lipinski definition) is 3. The first-order valence-corrected chi connectivity index (χ1v) is 7.95. The molecular weight excluding hydrogens is 266 g/mol. The molecule has 2 heterocycles. The van der Waals surface area contributed by atoms with E-state index in [1.807, 2.05) is 0 Å². The quantitative estimate of drug-likeness (QED) is 0.565. The number of hydrogen-bond acceptors (Lipinski definition) is 2. The molecule has 0 spiro atoms. The number of piperazine rings is 1. The van der Waals surface area contributed by atoms with Gasteiger partial charge in [0.2, 0.25) is 0 Å². The molecule has 1 atom stereocenters. The summed E-state index contributed by atoms with van der Waals surface area (Å²) in [5, 5.41) is 2.43. The summed E-state index contributed by atoms with van der Waals surface area (Å²) in [6.45, 7) is 7.29. The molecule has 21 heavy (non-hydrogen) atoms. The molecule has 0 unspecified atom stereocenters. The number of fused-ring (bicyclic) bond motifs is 1. The molecule has 116 valence electrons. The zero-order valence-corrected chi connectivity index (χ0v) is 13.4. The normalized spacial score (nSPS) is 28.8. The van der Waals surface area contributed by atoms with Gasteiger partial charge in [0.25, 0.3) is 0 Å². The van der Waals surface area contributed by atoms with Crippen molar-refractivity contribution in [1.82, 2.24) is 0 Å². The second kappa shape index (κ2) is 6.22. The fourth-order valence-corrected chi connectivity index (χ4v) is 3.70. The van der Waals surface area contributed by atoms with Crippen LogP contribution in [0.4, 0.5) is 0 Å². The molecule has 0 saturated carbocycles. The third-order valence-corrected chi connectivity index (χ3v) is 5.03. The third kappa shape index (κ3) is 2.86. The van der Waals surface area contributed by atoms with E-state index in [-0.39, 0.29) is 0 Å². The molecule has 3 rings (SSSR count). The summed E-state index contributed by atoms with van der Waals surface area (Å²) >= 11 is 0. The SMILES string of the molecule is COc1cc2c(cc1OC)[C@@H]([NH+]1CC[NH+](C)CC1)C[NH2+]C2. The van der Waals surface area contributed by atoms with Crippen molar-refractivity contribution < 1.29 is 24.6 Å². The van der Waals surface area contributed by atoms with Crippen LogP contribution in [0.15, 0.2) is 12.1 Å². The topological polar surface area (TPSA) is 44.0 Å². The molecule has 1 saturated heterocycles. The summed E-state index contributed by atoms with van der Waals surface area (Å²) in [5.41, 5.74) is 2.87. The lowest BCUT2D eigenvalue weighted by molar-refractivity contribution is -1.03. The van der Waals surface area contributed by atoms with Gasteiger partial charge in [-0.1, -0.05) is 0 Å². The minimum Gasteiger partial charge on any atom is -0.493 e. The van der Waals surface area contributed by atoms with Gasteiger partial charge in [0.1, 0.15) is 39.3 Å². The second-order valence-electron chi connectivity index (χ2n) is 6.30. The fourth-order valence-electron chi connectivity index (χ4n) is 3.70. The van der Waals surface area contributed by atoms with Crippen molar-refractivity contribution in [3.05, 3.63) is 23.3 Å². The van der Waals surface area contributed by atoms with E-state index in [0.717, 1.165) is 18.0 Å². The molecule has 1 fully saturated rings. The maximum absolute atomic E-state index is 5.51. The number of likely N-dealkylation sites (N-methyl/N-ethyl adjacent to an activating group) is 1. The molecule has 0 amide bonds. The Labute approximate surface area is 126 Å². The highest BCUT2D eigenvalue weighted by Gasteiger charge is 2.35. The van der Waals surface area contributed by atoms with Crippen molar-refractivity contribution in [3.8, 4) is 11.5 Å². The van der Waals surface area contributed by atoms with Gasteiger partial charge in [0.15, 0.2) is 17.5 Å². The first-order valence-electron chi connectivity index (χ1n) is 7.95. The Bertz CT molecular complexity index is 499. The molecule has 0 aromatic heterocycles. The summed E-state index contributed by atoms with van der Waals surface area (Å²) in [6.07, 6.45) is 0. The Balaban J connectivity index is 1.90. The van der Waals surface area contributed by atoms with Gasteiger partial charge < -0.3 is 24.6 Å². The number of ether oxygens (including phenoxy) is 2. The molecular formula is C16H28N3O2+3. The van der Waals surface area contributed by atoms with Crippen molar-refractivity contribution in [3.63, 3.8) is 0 Å². The first-order chi connectivity index (χ1) is 10.2. The average molecular weight is 294 g/mol. The van der Waals surface area contributed by atoms with E-state index >= 15 is 0 Å². The number of methoxy groups -OCH3 is 2. The summed E-state index contributed by atoms with van der Waals surface area (Å²) < 4.78 is 11.0. The highest BCUT2D eigenvalue weighted by atomic mass is 16.5. The summed E-state index contributed by atoms with van der Waals surface area (Å²) in [4.78, 5) is 3.39. The van der Waals surface area contributed by atoms with Gasteiger partial charge in [0, 0.05) is 11.1 Å². The zero-order chi connectivity index (χ0) is 14.8. The Hall–Kier alpha value is -1.30. The third-order valence-electron chi connectivity index (χ3n) is 5.03. The smallest absolute Gasteiger partial charge is 0.164 e. The van der Waals surface area contributed by atoms with Crippen LogP contribution in [0.3, 0.4) is 0 Å². The number of nitrogens with one attached hydrogen (secondary N) is 2. The lowest BCUT2D eigenvalue weighted by atomic mass is 9.94. The van der Waals surface area contributed by atoms with Gasteiger partial charge in [-0.15, -0.1) is 0 Å². The number of quaternary nitrogens is 3. The minimum absolute atomic E-state index is 0.585. The van der Waals surface area contributed by atoms with E-state index in [9.17, 15) is 0 Å². The van der Waals surface area contributed by atoms with Crippen molar-refractivity contribution in [2.24, 2.45) is 0 Å². The summed E-state index contributed by atoms with van der Waals surface area (Å²) in [5.74, 6) is 1.71. The van der Waals surface area contributed by atoms with Crippen molar-refractivity contribution in [1.29, 1.82) is 0 Å². The Morgan fingerprint density at radius 2 is 1.71 bits per heavy atom. The van der Waals surface area contributed by atoms with Gasteiger partial charge in [-0.25, -0.2) is 0 Å². The van der Waals surface area contributed by atoms with Crippen molar-refractivity contribution in [2.45, 2.75) is 12.6 Å². The second-order valence-corrected chi connectivity index (χ2v) is 6.30. The molecule has 0 bridgehead atoms. The predicted molar refractivity (Wildman–Crippen MR) is 80.1 cm³/mol. The minimum atomic E-state index is 0.585. The average Bonchev–Trinajstić information content (AvgIpc) is 2.53. The van der Waals surface area contributed by atoms with Gasteiger partial charge in [-0.3, -0.25) is 0 Å². The number of nitrogens with two attached hydrogens (primary N) is 1. The number of rotatable bonds is 3. The van der Waals surface area contributed by atoms with Crippen LogP contribution in [0.1, 0.15) is 17.2 Å². The van der Waals surface area contributed by atoms with Gasteiger partial charge in [-0.05, 0) is 12.1 Å². The molecule has 0 radical (unpaired) electrons. The van der Waals surface area contributed by atoms with Gasteiger partial charge >= 0.3 is 0 Å². The highest BCUT2D eigenvalue weighted by molar-refractivity contribution is 5.48. The Morgan fingerprint density at radius 1 is 1.05 bits per heavy atom. The zero-order valence-electron chi connectivity index (χ0n) is 13.4. The maximum Gasteiger partial charge on any atom is 0.164 e. The van der Waals surface area contributed by atoms with E-state index in [1.54, 1.807) is 24.0 Å². The van der Waals surface area contributed by atoms with Crippen molar-refractivity contribution in [2.75, 3.05) is 54.0 Å². The van der Waals surface area contributed by atoms with Crippen LogP contribution in [0, 0.1) is 0 Å². The molecule has 2 aliphatic heterocycles. The Kier molecular flexibility index (Phi) is 4.33. The molecule has 1 aromatic rings. The van der Waals surface area contributed by atoms with E-state index in [1.165, 1.54) is 43.9 Å². The van der Waals surface area contributed by atoms with Crippen LogP contribution >= 0.6 is 0 Å². The van der Waals surface area contributed by atoms with E-state index in [2.05, 4.69) is 24.5 Å². The molecule has 5 nitrogen and oxygen atoms in total. The number of benzene rings is 1. The lowest BCUT2D eigenvalue weighted by Crippen LogP contribution is -3.28. The molecule has 1 aromatic carbocycles. The fraction of sp³-hybridized carbons (Fsp3) is 0.625. The summed E-state index contributed by atoms with van der Waals surface area (Å²) in [6, 6.07) is 4.96. The van der Waals surface area contributed by atoms with Crippen molar-refractivity contribution >= 4 is 0 Å². The van der Waals surface area contributed by atoms with Crippen LogP contribution in [0.2, 0.25) is 0 Å². The van der Waals surface area contributed by atoms with E-state index in [0.29, 0.717) is 6.04 Å². The van der Waals surface area contributed by atoms with Gasteiger partial charge in [0.05, 0.1) is 21.3 Å². The maximum atomic E-state index is 5.51. The standard InChI is InChI=1S/C16H25N3O2/c1-18-4-6-19(7-5-18)14-11-17-10-12-8-15(20-2)16(21-3)9-13(12)14/h8-9,14,17H,4-7,10-11H2,1-3H3/p+3/t14-/m0/s1. The summed E-state index contributed by atoms with van der Waals surface area (Å²) in [7, 11) is 5.73. The van der Waals surface area contributed by atoms with Gasteiger partial charge in [-0.2, -0.15) is 0 Å². The highest BCUT2D eigenvalue weighted by Crippen LogP contribution is 2.33. The van der Waals surface area contributed by atoms with Crippen LogP contribution in [-0.4, -0.2) is 54.0 Å². The predicted octanol–water partition coefficient (Wildman–Crippen LogP) is -2.76. The molecule has 2 aliphatic rings.